The molecule has 1 aromatic heterocycles. The monoisotopic (exact) mass is 391 g/mol. The highest BCUT2D eigenvalue weighted by atomic mass is 14.7. The van der Waals surface area contributed by atoms with Crippen LogP contribution in [0.4, 0.5) is 0 Å². The lowest BCUT2D eigenvalue weighted by Gasteiger charge is -2.28. The molecular formula is C28H41N. The van der Waals surface area contributed by atoms with Crippen molar-refractivity contribution in [3.05, 3.63) is 53.7 Å². The number of unbranched alkanes of at least 4 members (excludes halogenated alkanes) is 4. The van der Waals surface area contributed by atoms with Gasteiger partial charge in [0.25, 0.3) is 0 Å². The zero-order valence-electron chi connectivity index (χ0n) is 18.8. The Morgan fingerprint density at radius 2 is 1.38 bits per heavy atom. The molecule has 1 heterocycles. The van der Waals surface area contributed by atoms with E-state index in [1.54, 1.807) is 0 Å². The van der Waals surface area contributed by atoms with Crippen LogP contribution in [0.3, 0.4) is 0 Å². The minimum atomic E-state index is 0.953. The van der Waals surface area contributed by atoms with Gasteiger partial charge in [-0.2, -0.15) is 0 Å². The van der Waals surface area contributed by atoms with E-state index in [0.29, 0.717) is 0 Å². The lowest BCUT2D eigenvalue weighted by atomic mass is 9.77. The summed E-state index contributed by atoms with van der Waals surface area (Å²) >= 11 is 0. The number of aromatic nitrogens is 1. The van der Waals surface area contributed by atoms with Gasteiger partial charge >= 0.3 is 0 Å². The van der Waals surface area contributed by atoms with Crippen molar-refractivity contribution in [2.75, 3.05) is 0 Å². The molecule has 0 aliphatic heterocycles. The molecule has 1 aliphatic carbocycles. The number of benzene rings is 1. The van der Waals surface area contributed by atoms with E-state index in [4.69, 9.17) is 0 Å². The molecule has 1 aromatic carbocycles. The standard InChI is InChI=1S/C28H41N/c1-3-5-6-7-8-9-24-10-12-25(13-11-24)14-15-26-16-19-27(20-17-26)28-21-18-23(4-2)22-29-28/h16-22,24-25H,3-15H2,1-2H3/t24-,25-. The molecule has 29 heavy (non-hydrogen) atoms. The van der Waals surface area contributed by atoms with Crippen molar-refractivity contribution >= 4 is 0 Å². The molecule has 0 saturated heterocycles. The Kier molecular flexibility index (Phi) is 9.25. The van der Waals surface area contributed by atoms with Crippen molar-refractivity contribution in [1.82, 2.24) is 4.98 Å². The first kappa shape index (κ1) is 22.1. The zero-order chi connectivity index (χ0) is 20.3. The molecule has 3 rings (SSSR count). The molecule has 0 radical (unpaired) electrons. The molecule has 158 valence electrons. The van der Waals surface area contributed by atoms with Crippen LogP contribution in [-0.4, -0.2) is 4.98 Å². The quantitative estimate of drug-likeness (QED) is 0.350. The number of aryl methyl sites for hydroxylation is 2. The van der Waals surface area contributed by atoms with Crippen LogP contribution >= 0.6 is 0 Å². The highest BCUT2D eigenvalue weighted by molar-refractivity contribution is 5.59. The second kappa shape index (κ2) is 12.2. The van der Waals surface area contributed by atoms with Crippen LogP contribution in [0.5, 0.6) is 0 Å². The Balaban J connectivity index is 1.36. The van der Waals surface area contributed by atoms with Crippen molar-refractivity contribution in [1.29, 1.82) is 0 Å². The third kappa shape index (κ3) is 7.28. The van der Waals surface area contributed by atoms with Gasteiger partial charge in [-0.3, -0.25) is 4.98 Å². The van der Waals surface area contributed by atoms with Gasteiger partial charge in [-0.25, -0.2) is 0 Å². The van der Waals surface area contributed by atoms with E-state index < -0.39 is 0 Å². The summed E-state index contributed by atoms with van der Waals surface area (Å²) in [6.07, 6.45) is 20.2. The lowest BCUT2D eigenvalue weighted by molar-refractivity contribution is 0.248. The molecule has 1 heteroatoms. The van der Waals surface area contributed by atoms with Gasteiger partial charge in [0.2, 0.25) is 0 Å². The van der Waals surface area contributed by atoms with Crippen molar-refractivity contribution in [3.8, 4) is 11.3 Å². The van der Waals surface area contributed by atoms with Gasteiger partial charge in [-0.05, 0) is 48.3 Å². The summed E-state index contributed by atoms with van der Waals surface area (Å²) in [6.45, 7) is 4.48. The van der Waals surface area contributed by atoms with Gasteiger partial charge in [-0.15, -0.1) is 0 Å². The van der Waals surface area contributed by atoms with Gasteiger partial charge in [0.05, 0.1) is 5.69 Å². The first-order valence-electron chi connectivity index (χ1n) is 12.3. The Bertz CT molecular complexity index is 677. The molecule has 1 aliphatic rings. The number of nitrogens with zero attached hydrogens (tertiary/aromatic N) is 1. The fourth-order valence-corrected chi connectivity index (χ4v) is 4.86. The van der Waals surface area contributed by atoms with E-state index in [9.17, 15) is 0 Å². The van der Waals surface area contributed by atoms with E-state index in [-0.39, 0.29) is 0 Å². The Labute approximate surface area is 179 Å². The third-order valence-corrected chi connectivity index (χ3v) is 7.01. The van der Waals surface area contributed by atoms with Gasteiger partial charge in [-0.1, -0.05) is 108 Å². The molecule has 0 bridgehead atoms. The normalized spacial score (nSPS) is 19.4. The zero-order valence-corrected chi connectivity index (χ0v) is 18.8. The van der Waals surface area contributed by atoms with Crippen molar-refractivity contribution < 1.29 is 0 Å². The molecule has 1 saturated carbocycles. The second-order valence-corrected chi connectivity index (χ2v) is 9.23. The SMILES string of the molecule is CCCCCCC[C@H]1CC[C@H](CCc2ccc(-c3ccc(CC)cn3)cc2)CC1. The summed E-state index contributed by atoms with van der Waals surface area (Å²) in [5, 5.41) is 0. The number of hydrogen-bond donors (Lipinski definition) is 0. The van der Waals surface area contributed by atoms with Crippen LogP contribution in [0.25, 0.3) is 11.3 Å². The highest BCUT2D eigenvalue weighted by Crippen LogP contribution is 2.34. The number of hydrogen-bond acceptors (Lipinski definition) is 1. The lowest BCUT2D eigenvalue weighted by Crippen LogP contribution is -2.15. The van der Waals surface area contributed by atoms with Crippen LogP contribution in [0.15, 0.2) is 42.6 Å². The molecule has 0 amide bonds. The first-order valence-corrected chi connectivity index (χ1v) is 12.3. The average molecular weight is 392 g/mol. The van der Waals surface area contributed by atoms with Crippen LogP contribution in [0.2, 0.25) is 0 Å². The predicted molar refractivity (Wildman–Crippen MR) is 126 cm³/mol. The maximum absolute atomic E-state index is 4.61. The molecule has 0 atom stereocenters. The molecule has 1 nitrogen and oxygen atoms in total. The Morgan fingerprint density at radius 1 is 0.724 bits per heavy atom. The summed E-state index contributed by atoms with van der Waals surface area (Å²) < 4.78 is 0. The van der Waals surface area contributed by atoms with Crippen molar-refractivity contribution in [3.63, 3.8) is 0 Å². The van der Waals surface area contributed by atoms with Gasteiger partial charge in [0.15, 0.2) is 0 Å². The average Bonchev–Trinajstić information content (AvgIpc) is 2.79. The first-order chi connectivity index (χ1) is 14.3. The van der Waals surface area contributed by atoms with E-state index in [0.717, 1.165) is 24.0 Å². The summed E-state index contributed by atoms with van der Waals surface area (Å²) in [5.41, 5.74) is 5.10. The molecule has 2 aromatic rings. The second-order valence-electron chi connectivity index (χ2n) is 9.23. The van der Waals surface area contributed by atoms with Gasteiger partial charge < -0.3 is 0 Å². The van der Waals surface area contributed by atoms with Crippen LogP contribution < -0.4 is 0 Å². The smallest absolute Gasteiger partial charge is 0.0702 e. The number of pyridine rings is 1. The predicted octanol–water partition coefficient (Wildman–Crippen LogP) is 8.41. The molecule has 0 unspecified atom stereocenters. The summed E-state index contributed by atoms with van der Waals surface area (Å²) in [6, 6.07) is 13.5. The minimum absolute atomic E-state index is 0.953. The third-order valence-electron chi connectivity index (χ3n) is 7.01. The number of rotatable bonds is 11. The topological polar surface area (TPSA) is 12.9 Å². The maximum Gasteiger partial charge on any atom is 0.0702 e. The van der Waals surface area contributed by atoms with Crippen molar-refractivity contribution in [2.45, 2.75) is 97.3 Å². The summed E-state index contributed by atoms with van der Waals surface area (Å²) in [4.78, 5) is 4.61. The van der Waals surface area contributed by atoms with E-state index in [2.05, 4.69) is 55.2 Å². The van der Waals surface area contributed by atoms with Crippen LogP contribution in [0.1, 0.15) is 95.6 Å². The molecule has 0 N–H and O–H groups in total. The largest absolute Gasteiger partial charge is 0.256 e. The molecule has 1 fully saturated rings. The highest BCUT2D eigenvalue weighted by Gasteiger charge is 2.20. The summed E-state index contributed by atoms with van der Waals surface area (Å²) in [7, 11) is 0. The Morgan fingerprint density at radius 3 is 2.00 bits per heavy atom. The Hall–Kier alpha value is -1.63. The van der Waals surface area contributed by atoms with Crippen LogP contribution in [-0.2, 0) is 12.8 Å². The van der Waals surface area contributed by atoms with Gasteiger partial charge in [0.1, 0.15) is 0 Å². The minimum Gasteiger partial charge on any atom is -0.256 e. The van der Waals surface area contributed by atoms with E-state index in [1.807, 2.05) is 6.20 Å². The fraction of sp³-hybridized carbons (Fsp3) is 0.607. The van der Waals surface area contributed by atoms with Crippen molar-refractivity contribution in [2.24, 2.45) is 11.8 Å². The van der Waals surface area contributed by atoms with E-state index >= 15 is 0 Å². The van der Waals surface area contributed by atoms with Gasteiger partial charge in [0, 0.05) is 11.8 Å². The fourth-order valence-electron chi connectivity index (χ4n) is 4.86. The van der Waals surface area contributed by atoms with Crippen LogP contribution in [0, 0.1) is 11.8 Å². The maximum atomic E-state index is 4.61. The van der Waals surface area contributed by atoms with E-state index in [1.165, 1.54) is 93.7 Å². The molecular weight excluding hydrogens is 350 g/mol. The summed E-state index contributed by atoms with van der Waals surface area (Å²) in [5.74, 6) is 1.98. The molecule has 0 spiro atoms.